The van der Waals surface area contributed by atoms with Gasteiger partial charge in [-0.1, -0.05) is 23.8 Å². The molecular weight excluding hydrogens is 332 g/mol. The Morgan fingerprint density at radius 2 is 1.62 bits per heavy atom. The summed E-state index contributed by atoms with van der Waals surface area (Å²) in [5.41, 5.74) is 9.57. The highest BCUT2D eigenvalue weighted by Gasteiger charge is 2.11. The number of carbonyl (C=O) groups excluding carboxylic acids is 3. The van der Waals surface area contributed by atoms with Crippen molar-refractivity contribution in [1.29, 1.82) is 0 Å². The Bertz CT molecular complexity index is 839. The van der Waals surface area contributed by atoms with Crippen LogP contribution in [0.2, 0.25) is 0 Å². The van der Waals surface area contributed by atoms with Crippen molar-refractivity contribution in [2.45, 2.75) is 20.8 Å². The fraction of sp³-hybridized carbons (Fsp3) is 0.211. The zero-order valence-electron chi connectivity index (χ0n) is 15.0. The normalized spacial score (nSPS) is 10.1. The summed E-state index contributed by atoms with van der Waals surface area (Å²) >= 11 is 0. The topological polar surface area (TPSA) is 113 Å². The minimum atomic E-state index is -0.717. The molecule has 0 spiro atoms. The van der Waals surface area contributed by atoms with Crippen LogP contribution in [-0.2, 0) is 4.79 Å². The molecule has 7 heteroatoms. The molecule has 2 rings (SSSR count). The third kappa shape index (κ3) is 5.07. The number of amides is 4. The molecule has 0 heterocycles. The van der Waals surface area contributed by atoms with Crippen LogP contribution in [0, 0.1) is 20.8 Å². The number of nitrogens with one attached hydrogen (secondary N) is 3. The standard InChI is InChI=1S/C19H22N4O3/c1-11-7-12(2)17(13(3)8-11)23-16(24)10-21-18(25)14-5-4-6-15(9-14)22-19(20)26/h4-9H,10H2,1-3H3,(H,21,25)(H,23,24)(H3,20,22,26). The SMILES string of the molecule is Cc1cc(C)c(NC(=O)CNC(=O)c2cccc(NC(N)=O)c2)c(C)c1. The van der Waals surface area contributed by atoms with E-state index in [0.717, 1.165) is 22.4 Å². The molecule has 4 amide bonds. The molecule has 0 aromatic heterocycles. The minimum absolute atomic E-state index is 0.168. The van der Waals surface area contributed by atoms with Gasteiger partial charge in [-0.15, -0.1) is 0 Å². The van der Waals surface area contributed by atoms with Crippen LogP contribution < -0.4 is 21.7 Å². The summed E-state index contributed by atoms with van der Waals surface area (Å²) in [4.78, 5) is 35.2. The van der Waals surface area contributed by atoms with Gasteiger partial charge in [-0.25, -0.2) is 4.79 Å². The predicted octanol–water partition coefficient (Wildman–Crippen LogP) is 2.47. The number of benzene rings is 2. The molecule has 0 radical (unpaired) electrons. The lowest BCUT2D eigenvalue weighted by atomic mass is 10.1. The summed E-state index contributed by atoms with van der Waals surface area (Å²) in [5, 5.41) is 7.77. The van der Waals surface area contributed by atoms with Crippen molar-refractivity contribution in [3.63, 3.8) is 0 Å². The smallest absolute Gasteiger partial charge is 0.316 e. The monoisotopic (exact) mass is 354 g/mol. The van der Waals surface area contributed by atoms with E-state index >= 15 is 0 Å². The van der Waals surface area contributed by atoms with Crippen LogP contribution in [0.4, 0.5) is 16.2 Å². The molecule has 0 unspecified atom stereocenters. The van der Waals surface area contributed by atoms with Crippen molar-refractivity contribution in [1.82, 2.24) is 5.32 Å². The van der Waals surface area contributed by atoms with Gasteiger partial charge in [-0.2, -0.15) is 0 Å². The van der Waals surface area contributed by atoms with Gasteiger partial charge >= 0.3 is 6.03 Å². The van der Waals surface area contributed by atoms with Gasteiger partial charge in [-0.05, 0) is 50.1 Å². The van der Waals surface area contributed by atoms with Gasteiger partial charge < -0.3 is 21.7 Å². The average molecular weight is 354 g/mol. The predicted molar refractivity (Wildman–Crippen MR) is 101 cm³/mol. The maximum Gasteiger partial charge on any atom is 0.316 e. The van der Waals surface area contributed by atoms with E-state index in [2.05, 4.69) is 16.0 Å². The molecule has 2 aromatic rings. The zero-order chi connectivity index (χ0) is 19.3. The molecule has 0 aliphatic heterocycles. The molecule has 0 fully saturated rings. The Kier molecular flexibility index (Phi) is 5.95. The Morgan fingerprint density at radius 3 is 2.23 bits per heavy atom. The van der Waals surface area contributed by atoms with E-state index in [1.165, 1.54) is 6.07 Å². The van der Waals surface area contributed by atoms with Gasteiger partial charge in [0, 0.05) is 16.9 Å². The maximum atomic E-state index is 12.2. The van der Waals surface area contributed by atoms with Crippen molar-refractivity contribution < 1.29 is 14.4 Å². The summed E-state index contributed by atoms with van der Waals surface area (Å²) in [6.07, 6.45) is 0. The van der Waals surface area contributed by atoms with Gasteiger partial charge in [0.15, 0.2) is 0 Å². The number of carbonyl (C=O) groups is 3. The quantitative estimate of drug-likeness (QED) is 0.661. The first kappa shape index (κ1) is 19.0. The Morgan fingerprint density at radius 1 is 0.962 bits per heavy atom. The largest absolute Gasteiger partial charge is 0.351 e. The molecule has 7 nitrogen and oxygen atoms in total. The number of anilines is 2. The first-order valence-corrected chi connectivity index (χ1v) is 8.08. The third-order valence-corrected chi connectivity index (χ3v) is 3.74. The van der Waals surface area contributed by atoms with Crippen LogP contribution in [0.1, 0.15) is 27.0 Å². The van der Waals surface area contributed by atoms with E-state index in [1.807, 2.05) is 32.9 Å². The van der Waals surface area contributed by atoms with Crippen molar-refractivity contribution in [2.75, 3.05) is 17.2 Å². The van der Waals surface area contributed by atoms with Gasteiger partial charge in [0.05, 0.1) is 6.54 Å². The summed E-state index contributed by atoms with van der Waals surface area (Å²) in [5.74, 6) is -0.745. The van der Waals surface area contributed by atoms with Crippen LogP contribution >= 0.6 is 0 Å². The van der Waals surface area contributed by atoms with Gasteiger partial charge in [0.2, 0.25) is 5.91 Å². The molecule has 0 aliphatic rings. The average Bonchev–Trinajstić information content (AvgIpc) is 2.55. The lowest BCUT2D eigenvalue weighted by Crippen LogP contribution is -2.33. The molecule has 0 aliphatic carbocycles. The second-order valence-electron chi connectivity index (χ2n) is 6.07. The Hall–Kier alpha value is -3.35. The van der Waals surface area contributed by atoms with Crippen molar-refractivity contribution in [2.24, 2.45) is 5.73 Å². The molecule has 0 atom stereocenters. The highest BCUT2D eigenvalue weighted by atomic mass is 16.2. The molecule has 0 bridgehead atoms. The fourth-order valence-corrected chi connectivity index (χ4v) is 2.70. The second-order valence-corrected chi connectivity index (χ2v) is 6.07. The number of urea groups is 1. The number of primary amides is 1. The van der Waals surface area contributed by atoms with E-state index in [-0.39, 0.29) is 12.5 Å². The third-order valence-electron chi connectivity index (χ3n) is 3.74. The molecule has 0 saturated carbocycles. The van der Waals surface area contributed by atoms with Crippen LogP contribution in [0.5, 0.6) is 0 Å². The number of rotatable bonds is 5. The van der Waals surface area contributed by atoms with E-state index in [4.69, 9.17) is 5.73 Å². The van der Waals surface area contributed by atoms with E-state index in [9.17, 15) is 14.4 Å². The van der Waals surface area contributed by atoms with Crippen LogP contribution in [-0.4, -0.2) is 24.4 Å². The van der Waals surface area contributed by atoms with Crippen molar-refractivity contribution in [3.05, 3.63) is 58.7 Å². The first-order valence-electron chi connectivity index (χ1n) is 8.08. The second kappa shape index (κ2) is 8.15. The minimum Gasteiger partial charge on any atom is -0.351 e. The number of hydrogen-bond acceptors (Lipinski definition) is 3. The van der Waals surface area contributed by atoms with E-state index in [1.54, 1.807) is 18.2 Å². The molecule has 136 valence electrons. The van der Waals surface area contributed by atoms with E-state index < -0.39 is 11.9 Å². The lowest BCUT2D eigenvalue weighted by molar-refractivity contribution is -0.115. The first-order chi connectivity index (χ1) is 12.3. The summed E-state index contributed by atoms with van der Waals surface area (Å²) in [6, 6.07) is 9.53. The van der Waals surface area contributed by atoms with Gasteiger partial charge in [-0.3, -0.25) is 9.59 Å². The Balaban J connectivity index is 1.97. The fourth-order valence-electron chi connectivity index (χ4n) is 2.70. The number of hydrogen-bond donors (Lipinski definition) is 4. The Labute approximate surface area is 152 Å². The highest BCUT2D eigenvalue weighted by Crippen LogP contribution is 2.21. The molecule has 26 heavy (non-hydrogen) atoms. The van der Waals surface area contributed by atoms with Crippen LogP contribution in [0.25, 0.3) is 0 Å². The van der Waals surface area contributed by atoms with Crippen molar-refractivity contribution >= 4 is 29.2 Å². The zero-order valence-corrected chi connectivity index (χ0v) is 15.0. The van der Waals surface area contributed by atoms with Crippen LogP contribution in [0.3, 0.4) is 0 Å². The maximum absolute atomic E-state index is 12.2. The summed E-state index contributed by atoms with van der Waals surface area (Å²) in [6.45, 7) is 5.67. The number of nitrogens with two attached hydrogens (primary N) is 1. The molecule has 0 saturated heterocycles. The molecular formula is C19H22N4O3. The van der Waals surface area contributed by atoms with Gasteiger partial charge in [0.1, 0.15) is 0 Å². The summed E-state index contributed by atoms with van der Waals surface area (Å²) < 4.78 is 0. The lowest BCUT2D eigenvalue weighted by Gasteiger charge is -2.13. The van der Waals surface area contributed by atoms with Crippen LogP contribution in [0.15, 0.2) is 36.4 Å². The van der Waals surface area contributed by atoms with E-state index in [0.29, 0.717) is 11.3 Å². The highest BCUT2D eigenvalue weighted by molar-refractivity contribution is 6.00. The van der Waals surface area contributed by atoms with Gasteiger partial charge in [0.25, 0.3) is 5.91 Å². The number of aryl methyl sites for hydroxylation is 3. The summed E-state index contributed by atoms with van der Waals surface area (Å²) in [7, 11) is 0. The molecule has 2 aromatic carbocycles. The van der Waals surface area contributed by atoms with Crippen molar-refractivity contribution in [3.8, 4) is 0 Å². The molecule has 5 N–H and O–H groups in total.